The average molecular weight is 148 g/mol. The number of rotatable bonds is 1. The fourth-order valence-corrected chi connectivity index (χ4v) is 0.631. The first-order valence-corrected chi connectivity index (χ1v) is 3.21. The summed E-state index contributed by atoms with van der Waals surface area (Å²) in [6.45, 7) is 1.79. The molecule has 56 valence electrons. The number of nitrogens with two attached hydrogens (primary N) is 1. The van der Waals surface area contributed by atoms with Crippen molar-refractivity contribution in [2.75, 3.05) is 0 Å². The summed E-state index contributed by atoms with van der Waals surface area (Å²) in [5.74, 6) is 0.559. The standard InChI is InChI=1S/C7H8N4/c1-5(9)7-10-3-6(2-8)4-11-7/h3-5H,9H2,1H3/t5-/m0/s1. The van der Waals surface area contributed by atoms with Gasteiger partial charge in [0, 0.05) is 12.4 Å². The second-order valence-electron chi connectivity index (χ2n) is 2.23. The van der Waals surface area contributed by atoms with E-state index in [0.717, 1.165) is 0 Å². The van der Waals surface area contributed by atoms with Crippen molar-refractivity contribution in [3.63, 3.8) is 0 Å². The molecule has 0 saturated heterocycles. The van der Waals surface area contributed by atoms with Gasteiger partial charge in [0.2, 0.25) is 0 Å². The molecule has 1 aromatic heterocycles. The monoisotopic (exact) mass is 148 g/mol. The van der Waals surface area contributed by atoms with Crippen LogP contribution in [0.3, 0.4) is 0 Å². The van der Waals surface area contributed by atoms with Crippen molar-refractivity contribution in [2.45, 2.75) is 13.0 Å². The lowest BCUT2D eigenvalue weighted by molar-refractivity contribution is 0.738. The van der Waals surface area contributed by atoms with Crippen LogP contribution in [0.4, 0.5) is 0 Å². The van der Waals surface area contributed by atoms with Crippen LogP contribution in [0.25, 0.3) is 0 Å². The van der Waals surface area contributed by atoms with E-state index in [4.69, 9.17) is 11.0 Å². The minimum absolute atomic E-state index is 0.178. The molecule has 0 spiro atoms. The van der Waals surface area contributed by atoms with Crippen LogP contribution in [-0.2, 0) is 0 Å². The Morgan fingerprint density at radius 2 is 2.09 bits per heavy atom. The maximum atomic E-state index is 8.41. The van der Waals surface area contributed by atoms with Gasteiger partial charge in [0.15, 0.2) is 0 Å². The Hall–Kier alpha value is -1.47. The molecule has 2 N–H and O–H groups in total. The molecule has 1 atom stereocenters. The quantitative estimate of drug-likeness (QED) is 0.624. The highest BCUT2D eigenvalue weighted by Gasteiger charge is 2.00. The Labute approximate surface area is 64.7 Å². The van der Waals surface area contributed by atoms with Gasteiger partial charge in [-0.3, -0.25) is 0 Å². The molecule has 0 saturated carbocycles. The van der Waals surface area contributed by atoms with E-state index in [9.17, 15) is 0 Å². The minimum atomic E-state index is -0.178. The molecule has 4 heteroatoms. The lowest BCUT2D eigenvalue weighted by Crippen LogP contribution is -2.09. The molecule has 11 heavy (non-hydrogen) atoms. The van der Waals surface area contributed by atoms with Crippen LogP contribution < -0.4 is 5.73 Å². The maximum absolute atomic E-state index is 8.41. The molecule has 0 aliphatic carbocycles. The first-order valence-electron chi connectivity index (χ1n) is 3.21. The van der Waals surface area contributed by atoms with Crippen molar-refractivity contribution < 1.29 is 0 Å². The van der Waals surface area contributed by atoms with Gasteiger partial charge < -0.3 is 5.73 Å². The van der Waals surface area contributed by atoms with E-state index in [1.54, 1.807) is 6.92 Å². The molecule has 0 bridgehead atoms. The number of hydrogen-bond acceptors (Lipinski definition) is 4. The van der Waals surface area contributed by atoms with E-state index < -0.39 is 0 Å². The van der Waals surface area contributed by atoms with Crippen LogP contribution in [0.5, 0.6) is 0 Å². The third-order valence-corrected chi connectivity index (χ3v) is 1.21. The molecule has 1 aromatic rings. The summed E-state index contributed by atoms with van der Waals surface area (Å²) in [6.07, 6.45) is 2.93. The lowest BCUT2D eigenvalue weighted by atomic mass is 10.3. The van der Waals surface area contributed by atoms with Crippen molar-refractivity contribution in [1.82, 2.24) is 9.97 Å². The minimum Gasteiger partial charge on any atom is -0.322 e. The van der Waals surface area contributed by atoms with E-state index in [1.807, 2.05) is 6.07 Å². The molecule has 0 aliphatic heterocycles. The van der Waals surface area contributed by atoms with Gasteiger partial charge in [0.1, 0.15) is 11.9 Å². The van der Waals surface area contributed by atoms with Crippen LogP contribution in [0.15, 0.2) is 12.4 Å². The fraction of sp³-hybridized carbons (Fsp3) is 0.286. The van der Waals surface area contributed by atoms with Gasteiger partial charge in [0.05, 0.1) is 11.6 Å². The van der Waals surface area contributed by atoms with E-state index in [0.29, 0.717) is 11.4 Å². The molecular formula is C7H8N4. The van der Waals surface area contributed by atoms with Crippen molar-refractivity contribution in [2.24, 2.45) is 5.73 Å². The Kier molecular flexibility index (Phi) is 2.14. The highest BCUT2D eigenvalue weighted by atomic mass is 14.9. The Morgan fingerprint density at radius 3 is 2.45 bits per heavy atom. The van der Waals surface area contributed by atoms with Gasteiger partial charge >= 0.3 is 0 Å². The Bertz CT molecular complexity index is 269. The van der Waals surface area contributed by atoms with Crippen molar-refractivity contribution in [1.29, 1.82) is 5.26 Å². The van der Waals surface area contributed by atoms with E-state index in [1.165, 1.54) is 12.4 Å². The van der Waals surface area contributed by atoms with Crippen molar-refractivity contribution >= 4 is 0 Å². The molecule has 0 aliphatic rings. The second kappa shape index (κ2) is 3.08. The van der Waals surface area contributed by atoms with Crippen LogP contribution in [0.1, 0.15) is 24.4 Å². The summed E-state index contributed by atoms with van der Waals surface area (Å²) in [5, 5.41) is 8.41. The summed E-state index contributed by atoms with van der Waals surface area (Å²) >= 11 is 0. The van der Waals surface area contributed by atoms with Crippen LogP contribution in [0, 0.1) is 11.3 Å². The molecule has 4 nitrogen and oxygen atoms in total. The number of nitriles is 1. The van der Waals surface area contributed by atoms with Gasteiger partial charge in [-0.1, -0.05) is 0 Å². The highest BCUT2D eigenvalue weighted by Crippen LogP contribution is 2.01. The predicted molar refractivity (Wildman–Crippen MR) is 39.3 cm³/mol. The lowest BCUT2D eigenvalue weighted by Gasteiger charge is -2.00. The van der Waals surface area contributed by atoms with Gasteiger partial charge in [0.25, 0.3) is 0 Å². The SMILES string of the molecule is C[C@H](N)c1ncc(C#N)cn1. The van der Waals surface area contributed by atoms with Gasteiger partial charge in [-0.05, 0) is 6.92 Å². The zero-order valence-corrected chi connectivity index (χ0v) is 6.15. The third kappa shape index (κ3) is 1.72. The second-order valence-corrected chi connectivity index (χ2v) is 2.23. The van der Waals surface area contributed by atoms with Crippen molar-refractivity contribution in [3.8, 4) is 6.07 Å². The molecule has 0 aromatic carbocycles. The molecule has 0 fully saturated rings. The highest BCUT2D eigenvalue weighted by molar-refractivity contribution is 5.21. The average Bonchev–Trinajstić information content (AvgIpc) is 2.05. The van der Waals surface area contributed by atoms with Crippen LogP contribution in [0.2, 0.25) is 0 Å². The number of nitrogens with zero attached hydrogens (tertiary/aromatic N) is 3. The van der Waals surface area contributed by atoms with Crippen LogP contribution >= 0.6 is 0 Å². The zero-order valence-electron chi connectivity index (χ0n) is 6.15. The Balaban J connectivity index is 2.94. The van der Waals surface area contributed by atoms with E-state index in [2.05, 4.69) is 9.97 Å². The van der Waals surface area contributed by atoms with Gasteiger partial charge in [-0.15, -0.1) is 0 Å². The summed E-state index contributed by atoms with van der Waals surface area (Å²) in [6, 6.07) is 1.75. The van der Waals surface area contributed by atoms with E-state index >= 15 is 0 Å². The first kappa shape index (κ1) is 7.63. The topological polar surface area (TPSA) is 75.6 Å². The van der Waals surface area contributed by atoms with Crippen molar-refractivity contribution in [3.05, 3.63) is 23.8 Å². The normalized spacial score (nSPS) is 12.1. The zero-order chi connectivity index (χ0) is 8.27. The van der Waals surface area contributed by atoms with Gasteiger partial charge in [-0.2, -0.15) is 5.26 Å². The fourth-order valence-electron chi connectivity index (χ4n) is 0.631. The maximum Gasteiger partial charge on any atom is 0.144 e. The molecular weight excluding hydrogens is 140 g/mol. The predicted octanol–water partition coefficient (Wildman–Crippen LogP) is 0.368. The van der Waals surface area contributed by atoms with E-state index in [-0.39, 0.29) is 6.04 Å². The summed E-state index contributed by atoms with van der Waals surface area (Å²) in [5.41, 5.74) is 5.95. The summed E-state index contributed by atoms with van der Waals surface area (Å²) < 4.78 is 0. The molecule has 1 rings (SSSR count). The third-order valence-electron chi connectivity index (χ3n) is 1.21. The first-order chi connectivity index (χ1) is 5.24. The molecule has 0 amide bonds. The summed E-state index contributed by atoms with van der Waals surface area (Å²) in [7, 11) is 0. The Morgan fingerprint density at radius 1 is 1.55 bits per heavy atom. The number of hydrogen-bond donors (Lipinski definition) is 1. The largest absolute Gasteiger partial charge is 0.322 e. The molecule has 0 unspecified atom stereocenters. The summed E-state index contributed by atoms with van der Waals surface area (Å²) in [4.78, 5) is 7.78. The van der Waals surface area contributed by atoms with Gasteiger partial charge in [-0.25, -0.2) is 9.97 Å². The smallest absolute Gasteiger partial charge is 0.144 e. The molecule has 1 heterocycles. The molecule has 0 radical (unpaired) electrons. The number of aromatic nitrogens is 2. The van der Waals surface area contributed by atoms with Crippen LogP contribution in [-0.4, -0.2) is 9.97 Å².